The van der Waals surface area contributed by atoms with Crippen LogP contribution in [0.15, 0.2) is 96.2 Å². The topological polar surface area (TPSA) is 118 Å². The molecule has 1 aromatic heterocycles. The van der Waals surface area contributed by atoms with Gasteiger partial charge in [-0.15, -0.1) is 0 Å². The van der Waals surface area contributed by atoms with Crippen molar-refractivity contribution in [3.63, 3.8) is 0 Å². The summed E-state index contributed by atoms with van der Waals surface area (Å²) >= 11 is 0. The fraction of sp³-hybridized carbons (Fsp3) is 0.333. The van der Waals surface area contributed by atoms with Crippen LogP contribution in [0.2, 0.25) is 0 Å². The third-order valence-corrected chi connectivity index (χ3v) is 9.93. The van der Waals surface area contributed by atoms with Crippen molar-refractivity contribution in [2.45, 2.75) is 24.0 Å². The molecule has 0 spiro atoms. The lowest BCUT2D eigenvalue weighted by Crippen LogP contribution is -2.54. The number of ether oxygens (including phenoxy) is 2. The molecule has 0 bridgehead atoms. The predicted octanol–water partition coefficient (Wildman–Crippen LogP) is 3.76. The number of carbonyl (C=O) groups is 1. The Bertz CT molecular complexity index is 1620. The van der Waals surface area contributed by atoms with Crippen molar-refractivity contribution in [2.75, 3.05) is 52.9 Å². The number of fused-ring (bicyclic) bond motifs is 1. The largest absolute Gasteiger partial charge is 0.497 e. The van der Waals surface area contributed by atoms with E-state index in [0.29, 0.717) is 44.5 Å². The first-order valence-electron chi connectivity index (χ1n) is 14.7. The van der Waals surface area contributed by atoms with Crippen LogP contribution in [-0.4, -0.2) is 92.6 Å². The summed E-state index contributed by atoms with van der Waals surface area (Å²) in [7, 11) is -2.33. The first kappa shape index (κ1) is 31.4. The van der Waals surface area contributed by atoms with Gasteiger partial charge in [0.25, 0.3) is 0 Å². The van der Waals surface area contributed by atoms with Crippen LogP contribution in [0, 0.1) is 0 Å². The number of sulfonamides is 1. The molecule has 1 unspecified atom stereocenters. The van der Waals surface area contributed by atoms with Crippen LogP contribution in [0.4, 0.5) is 4.79 Å². The molecule has 0 aliphatic carbocycles. The van der Waals surface area contributed by atoms with Gasteiger partial charge in [-0.25, -0.2) is 13.2 Å². The normalized spacial score (nSPS) is 14.9. The highest BCUT2D eigenvalue weighted by molar-refractivity contribution is 7.89. The molecule has 5 rings (SSSR count). The number of piperazine rings is 1. The van der Waals surface area contributed by atoms with Crippen molar-refractivity contribution in [2.24, 2.45) is 5.73 Å². The Labute approximate surface area is 259 Å². The summed E-state index contributed by atoms with van der Waals surface area (Å²) in [5.41, 5.74) is 7.96. The number of benzene rings is 3. The highest BCUT2D eigenvalue weighted by Crippen LogP contribution is 2.28. The lowest BCUT2D eigenvalue weighted by molar-refractivity contribution is 0.0666. The number of rotatable bonds is 12. The van der Waals surface area contributed by atoms with Crippen LogP contribution >= 0.6 is 0 Å². The van der Waals surface area contributed by atoms with Crippen LogP contribution in [-0.2, 0) is 27.8 Å². The number of hydrogen-bond donors (Lipinski definition) is 1. The quantitative estimate of drug-likeness (QED) is 0.255. The Morgan fingerprint density at radius 1 is 0.955 bits per heavy atom. The summed E-state index contributed by atoms with van der Waals surface area (Å²) in [5.74, 6) is 0.733. The molecule has 2 N–H and O–H groups in total. The van der Waals surface area contributed by atoms with Gasteiger partial charge in [0, 0.05) is 75.0 Å². The maximum Gasteiger partial charge on any atom is 0.410 e. The third-order valence-electron chi connectivity index (χ3n) is 7.92. The predicted molar refractivity (Wildman–Crippen MR) is 170 cm³/mol. The fourth-order valence-electron chi connectivity index (χ4n) is 5.58. The van der Waals surface area contributed by atoms with E-state index < -0.39 is 16.1 Å². The molecule has 3 aromatic carbocycles. The van der Waals surface area contributed by atoms with E-state index in [1.165, 1.54) is 0 Å². The first-order chi connectivity index (χ1) is 21.4. The van der Waals surface area contributed by atoms with Gasteiger partial charge >= 0.3 is 6.09 Å². The summed E-state index contributed by atoms with van der Waals surface area (Å²) in [6.07, 6.45) is 3.41. The van der Waals surface area contributed by atoms with Gasteiger partial charge in [-0.05, 0) is 41.8 Å². The van der Waals surface area contributed by atoms with Crippen LogP contribution in [0.3, 0.4) is 0 Å². The Kier molecular flexibility index (Phi) is 10.4. The highest BCUT2D eigenvalue weighted by Gasteiger charge is 2.34. The fourth-order valence-corrected chi connectivity index (χ4v) is 7.43. The number of hydrogen-bond acceptors (Lipinski definition) is 8. The highest BCUT2D eigenvalue weighted by atomic mass is 32.2. The second-order valence-electron chi connectivity index (χ2n) is 10.8. The van der Waals surface area contributed by atoms with Gasteiger partial charge in [-0.2, -0.15) is 4.31 Å². The molecule has 1 amide bonds. The second kappa shape index (κ2) is 14.6. The van der Waals surface area contributed by atoms with Crippen molar-refractivity contribution in [3.05, 3.63) is 102 Å². The molecule has 0 saturated carbocycles. The maximum absolute atomic E-state index is 14.4. The Balaban J connectivity index is 1.35. The molecule has 1 atom stereocenters. The molecule has 11 heteroatoms. The minimum Gasteiger partial charge on any atom is -0.497 e. The van der Waals surface area contributed by atoms with E-state index in [0.717, 1.165) is 22.3 Å². The molecule has 1 aliphatic heterocycles. The van der Waals surface area contributed by atoms with Crippen LogP contribution in [0.5, 0.6) is 5.75 Å². The molecule has 1 aliphatic rings. The number of methoxy groups -OCH3 is 1. The zero-order valence-electron chi connectivity index (χ0n) is 24.9. The molecule has 2 heterocycles. The smallest absolute Gasteiger partial charge is 0.410 e. The number of carbonyl (C=O) groups excluding carboxylic acids is 1. The summed E-state index contributed by atoms with van der Waals surface area (Å²) < 4.78 is 41.2. The zero-order valence-corrected chi connectivity index (χ0v) is 25.7. The zero-order chi connectivity index (χ0) is 30.9. The van der Waals surface area contributed by atoms with Gasteiger partial charge < -0.3 is 20.1 Å². The van der Waals surface area contributed by atoms with Crippen molar-refractivity contribution in [1.29, 1.82) is 0 Å². The summed E-state index contributed by atoms with van der Waals surface area (Å²) in [4.78, 5) is 21.1. The molecule has 0 radical (unpaired) electrons. The molecule has 10 nitrogen and oxygen atoms in total. The minimum absolute atomic E-state index is 0.163. The van der Waals surface area contributed by atoms with Crippen molar-refractivity contribution in [1.82, 2.24) is 19.1 Å². The minimum atomic E-state index is -3.94. The van der Waals surface area contributed by atoms with E-state index in [4.69, 9.17) is 15.2 Å². The van der Waals surface area contributed by atoms with E-state index in [2.05, 4.69) is 9.88 Å². The molecule has 232 valence electrons. The number of nitrogens with two attached hydrogens (primary N) is 1. The molecular weight excluding hydrogens is 578 g/mol. The van der Waals surface area contributed by atoms with Gasteiger partial charge in [0.05, 0.1) is 12.0 Å². The number of nitrogens with zero attached hydrogens (tertiary/aromatic N) is 4. The van der Waals surface area contributed by atoms with Crippen LogP contribution in [0.25, 0.3) is 10.8 Å². The van der Waals surface area contributed by atoms with Crippen molar-refractivity contribution in [3.8, 4) is 5.75 Å². The average molecular weight is 618 g/mol. The lowest BCUT2D eigenvalue weighted by atomic mass is 10.0. The van der Waals surface area contributed by atoms with Crippen LogP contribution < -0.4 is 10.5 Å². The SMILES string of the molecule is COc1ccc(CC(CN2CCN(C(=O)OCc3ccccc3)CC2)N(CCN)S(=O)(=O)c2cccc3cnccc23)cc1. The Hall–Kier alpha value is -4.03. The third kappa shape index (κ3) is 7.54. The summed E-state index contributed by atoms with van der Waals surface area (Å²) in [6, 6.07) is 23.8. The monoisotopic (exact) mass is 617 g/mol. The van der Waals surface area contributed by atoms with E-state index in [9.17, 15) is 13.2 Å². The van der Waals surface area contributed by atoms with E-state index in [-0.39, 0.29) is 30.7 Å². The Morgan fingerprint density at radius 3 is 2.41 bits per heavy atom. The van der Waals surface area contributed by atoms with E-state index >= 15 is 0 Å². The number of aromatic nitrogens is 1. The van der Waals surface area contributed by atoms with Crippen molar-refractivity contribution < 1.29 is 22.7 Å². The average Bonchev–Trinajstić information content (AvgIpc) is 3.06. The van der Waals surface area contributed by atoms with E-state index in [1.807, 2.05) is 60.7 Å². The van der Waals surface area contributed by atoms with E-state index in [1.54, 1.807) is 46.9 Å². The molecule has 44 heavy (non-hydrogen) atoms. The maximum atomic E-state index is 14.4. The molecule has 1 fully saturated rings. The number of amides is 1. The van der Waals surface area contributed by atoms with Gasteiger partial charge in [0.2, 0.25) is 10.0 Å². The summed E-state index contributed by atoms with van der Waals surface area (Å²) in [6.45, 7) is 3.20. The second-order valence-corrected chi connectivity index (χ2v) is 12.7. The molecule has 4 aromatic rings. The standard InChI is InChI=1S/C33H39N5O5S/c1-42-30-12-10-26(11-13-30)22-29(24-36-18-20-37(21-19-36)33(39)43-25-27-6-3-2-4-7-27)38(17-15-34)44(40,41)32-9-5-8-28-23-35-16-14-31(28)32/h2-14,16,23,29H,15,17-22,24-25,34H2,1H3. The van der Waals surface area contributed by atoms with Crippen LogP contribution in [0.1, 0.15) is 11.1 Å². The number of pyridine rings is 1. The first-order valence-corrected chi connectivity index (χ1v) is 16.2. The summed E-state index contributed by atoms with van der Waals surface area (Å²) in [5, 5.41) is 1.37. The molecule has 1 saturated heterocycles. The van der Waals surface area contributed by atoms with Gasteiger partial charge in [0.1, 0.15) is 12.4 Å². The Morgan fingerprint density at radius 2 is 1.70 bits per heavy atom. The molecular formula is C33H39N5O5S. The lowest BCUT2D eigenvalue weighted by Gasteiger charge is -2.39. The van der Waals surface area contributed by atoms with Gasteiger partial charge in [0.15, 0.2) is 0 Å². The van der Waals surface area contributed by atoms with Gasteiger partial charge in [-0.1, -0.05) is 54.6 Å². The van der Waals surface area contributed by atoms with Crippen molar-refractivity contribution >= 4 is 26.9 Å². The van der Waals surface area contributed by atoms with Gasteiger partial charge in [-0.3, -0.25) is 9.88 Å².